The summed E-state index contributed by atoms with van der Waals surface area (Å²) >= 11 is 0. The molecule has 3 rings (SSSR count). The average Bonchev–Trinajstić information content (AvgIpc) is 3.08. The van der Waals surface area contributed by atoms with Crippen molar-refractivity contribution in [2.45, 2.75) is 135 Å². The molecule has 2 saturated carbocycles. The van der Waals surface area contributed by atoms with Gasteiger partial charge in [-0.25, -0.2) is 0 Å². The smallest absolute Gasteiger partial charge is 0.417 e. The van der Waals surface area contributed by atoms with Crippen LogP contribution in [0.5, 0.6) is 0 Å². The van der Waals surface area contributed by atoms with Crippen LogP contribution < -0.4 is 0 Å². The van der Waals surface area contributed by atoms with Crippen LogP contribution in [0.15, 0.2) is 12.2 Å². The van der Waals surface area contributed by atoms with E-state index in [0.717, 1.165) is 0 Å². The van der Waals surface area contributed by atoms with Crippen molar-refractivity contribution in [3.05, 3.63) is 12.2 Å². The van der Waals surface area contributed by atoms with Crippen LogP contribution in [-0.2, 0) is 24.7 Å². The van der Waals surface area contributed by atoms with Gasteiger partial charge in [0.1, 0.15) is 0 Å². The van der Waals surface area contributed by atoms with E-state index in [1.54, 1.807) is 0 Å². The van der Waals surface area contributed by atoms with E-state index in [1.165, 1.54) is 6.42 Å². The highest BCUT2D eigenvalue weighted by molar-refractivity contribution is 6.94. The third-order valence-electron chi connectivity index (χ3n) is 7.31. The molecule has 0 N–H and O–H groups in total. The second-order valence-electron chi connectivity index (χ2n) is 18.6. The minimum Gasteiger partial charge on any atom is -0.417 e. The molecule has 0 heterocycles. The minimum atomic E-state index is -3.25. The number of hydrogen-bond donors (Lipinski definition) is 0. The third-order valence-corrected chi connectivity index (χ3v) is 32.3. The predicted molar refractivity (Wildman–Crippen MR) is 193 cm³/mol. The molecule has 0 aromatic rings. The maximum Gasteiger partial charge on any atom is 0.473 e. The van der Waals surface area contributed by atoms with Crippen molar-refractivity contribution in [3.63, 3.8) is 0 Å². The topological polar surface area (TPSA) is 55.4 Å². The van der Waals surface area contributed by atoms with Crippen molar-refractivity contribution in [3.8, 4) is 0 Å². The van der Waals surface area contributed by atoms with Gasteiger partial charge in [-0.1, -0.05) is 12.2 Å². The van der Waals surface area contributed by atoms with Crippen molar-refractivity contribution in [2.24, 2.45) is 23.7 Å². The molecule has 3 aliphatic carbocycles. The fraction of sp³-hybridized carbons (Fsp3) is 0.926. The number of hydrogen-bond acceptors (Lipinski definition) is 6. The van der Waals surface area contributed by atoms with Crippen LogP contribution in [-0.4, -0.2) is 67.5 Å². The monoisotopic (exact) mass is 708 g/mol. The summed E-state index contributed by atoms with van der Waals surface area (Å²) in [6.45, 7) is 41.5. The zero-order valence-electron chi connectivity index (χ0n) is 29.8. The molecule has 0 radical (unpaired) electrons. The van der Waals surface area contributed by atoms with Crippen LogP contribution >= 0.6 is 0 Å². The van der Waals surface area contributed by atoms with Crippen molar-refractivity contribution in [1.82, 2.24) is 0 Å². The van der Waals surface area contributed by atoms with E-state index in [4.69, 9.17) is 24.7 Å². The van der Waals surface area contributed by atoms with E-state index in [2.05, 4.69) is 130 Å². The van der Waals surface area contributed by atoms with Gasteiger partial charge in [0, 0.05) is 11.1 Å². The quantitative estimate of drug-likeness (QED) is 0.133. The van der Waals surface area contributed by atoms with Crippen LogP contribution in [0.3, 0.4) is 0 Å². The minimum absolute atomic E-state index is 0.147. The summed E-state index contributed by atoms with van der Waals surface area (Å²) in [5.74, 6) is 2.07. The predicted octanol–water partition coefficient (Wildman–Crippen LogP) is 9.17. The Morgan fingerprint density at radius 3 is 0.732 bits per heavy atom. The normalized spacial score (nSPS) is 29.6. The molecule has 0 aliphatic heterocycles. The molecule has 0 amide bonds. The van der Waals surface area contributed by atoms with Crippen molar-refractivity contribution >= 4 is 67.5 Å². The molecule has 0 aromatic carbocycles. The Morgan fingerprint density at radius 1 is 0.366 bits per heavy atom. The van der Waals surface area contributed by atoms with Gasteiger partial charge in [-0.05, 0) is 148 Å². The lowest BCUT2D eigenvalue weighted by Gasteiger charge is -2.64. The van der Waals surface area contributed by atoms with E-state index in [0.29, 0.717) is 23.7 Å². The summed E-state index contributed by atoms with van der Waals surface area (Å²) in [4.78, 5) is 0. The third kappa shape index (κ3) is 9.39. The highest BCUT2D eigenvalue weighted by atomic mass is 28.5. The van der Waals surface area contributed by atoms with Crippen LogP contribution in [0.25, 0.3) is 0 Å². The molecule has 6 atom stereocenters. The van der Waals surface area contributed by atoms with Crippen LogP contribution in [0.2, 0.25) is 129 Å². The van der Waals surface area contributed by atoms with E-state index < -0.39 is 67.5 Å². The van der Waals surface area contributed by atoms with Gasteiger partial charge in [-0.3, -0.25) is 0 Å². The standard InChI is InChI=1S/C27H64O6Si8/c1-34(2,3)28-40(29-35(4,5)6,30-36(7,8)9)26-24-22-19-20-23(21-22)25(24)27(26)41(31-37(10,11)12,32-38(13,14)15)33-39(16,17)18/h19-20,22-27H,21H2,1-18H3. The first-order valence-electron chi connectivity index (χ1n) is 15.8. The van der Waals surface area contributed by atoms with E-state index in [1.807, 2.05) is 0 Å². The van der Waals surface area contributed by atoms with Crippen molar-refractivity contribution in [1.29, 1.82) is 0 Å². The Balaban J connectivity index is 2.38. The maximum atomic E-state index is 7.48. The molecule has 0 aromatic heterocycles. The summed E-state index contributed by atoms with van der Waals surface area (Å²) in [5, 5.41) is 0. The fourth-order valence-corrected chi connectivity index (χ4v) is 38.7. The highest BCUT2D eigenvalue weighted by Gasteiger charge is 2.79. The summed E-state index contributed by atoms with van der Waals surface area (Å²) in [7, 11) is -18.9. The Bertz CT molecular complexity index is 810. The molecule has 3 aliphatic rings. The highest BCUT2D eigenvalue weighted by Crippen LogP contribution is 2.75. The average molecular weight is 709 g/mol. The number of fused-ring (bicyclic) bond motifs is 5. The molecular formula is C27H64O6Si8. The molecule has 6 nitrogen and oxygen atoms in total. The maximum absolute atomic E-state index is 7.48. The lowest BCUT2D eigenvalue weighted by Crippen LogP contribution is -2.75. The number of allylic oxidation sites excluding steroid dienone is 2. The lowest BCUT2D eigenvalue weighted by molar-refractivity contribution is 0.0572. The van der Waals surface area contributed by atoms with Gasteiger partial charge in [0.2, 0.25) is 0 Å². The SMILES string of the molecule is C[Si](C)(C)O[Si](O[Si](C)(C)C)(O[Si](C)(C)C)C1C2C3C=CC(C3)C2C1[Si](O[Si](C)(C)C)(O[Si](C)(C)C)O[Si](C)(C)C. The summed E-state index contributed by atoms with van der Waals surface area (Å²) in [6, 6.07) is 0. The molecule has 2 fully saturated rings. The second kappa shape index (κ2) is 11.5. The first kappa shape index (κ1) is 36.7. The molecule has 41 heavy (non-hydrogen) atoms. The van der Waals surface area contributed by atoms with Gasteiger partial charge in [0.25, 0.3) is 0 Å². The summed E-state index contributed by atoms with van der Waals surface area (Å²) < 4.78 is 44.9. The van der Waals surface area contributed by atoms with E-state index >= 15 is 0 Å². The Hall–Kier alpha value is 1.24. The van der Waals surface area contributed by atoms with Gasteiger partial charge in [0.15, 0.2) is 49.9 Å². The van der Waals surface area contributed by atoms with Crippen molar-refractivity contribution < 1.29 is 24.7 Å². The van der Waals surface area contributed by atoms with Gasteiger partial charge in [-0.15, -0.1) is 0 Å². The van der Waals surface area contributed by atoms with Crippen LogP contribution in [0, 0.1) is 23.7 Å². The second-order valence-corrected chi connectivity index (χ2v) is 52.6. The summed E-state index contributed by atoms with van der Waals surface area (Å²) in [6.07, 6.45) is 6.21. The number of rotatable bonds is 14. The van der Waals surface area contributed by atoms with E-state index in [-0.39, 0.29) is 11.1 Å². The van der Waals surface area contributed by atoms with E-state index in [9.17, 15) is 0 Å². The molecular weight excluding hydrogens is 645 g/mol. The van der Waals surface area contributed by atoms with Gasteiger partial charge < -0.3 is 24.7 Å². The Morgan fingerprint density at radius 2 is 0.561 bits per heavy atom. The van der Waals surface area contributed by atoms with Gasteiger partial charge >= 0.3 is 17.6 Å². The van der Waals surface area contributed by atoms with Gasteiger partial charge in [-0.2, -0.15) is 0 Å². The zero-order chi connectivity index (χ0) is 31.8. The first-order chi connectivity index (χ1) is 18.0. The first-order valence-corrected chi connectivity index (χ1v) is 39.9. The Kier molecular flexibility index (Phi) is 10.3. The molecule has 2 bridgehead atoms. The van der Waals surface area contributed by atoms with Crippen molar-refractivity contribution in [2.75, 3.05) is 0 Å². The van der Waals surface area contributed by atoms with Gasteiger partial charge in [0.05, 0.1) is 0 Å². The largest absolute Gasteiger partial charge is 0.473 e. The summed E-state index contributed by atoms with van der Waals surface area (Å²) in [5.41, 5.74) is 0.293. The zero-order valence-corrected chi connectivity index (χ0v) is 37.8. The van der Waals surface area contributed by atoms with Crippen LogP contribution in [0.1, 0.15) is 6.42 Å². The molecule has 240 valence electrons. The molecule has 0 spiro atoms. The van der Waals surface area contributed by atoms with Crippen LogP contribution in [0.4, 0.5) is 0 Å². The lowest BCUT2D eigenvalue weighted by atomic mass is 9.66. The Labute approximate surface area is 262 Å². The molecule has 14 heteroatoms. The molecule has 6 unspecified atom stereocenters. The fourth-order valence-electron chi connectivity index (χ4n) is 7.25. The molecule has 0 saturated heterocycles.